The van der Waals surface area contributed by atoms with Gasteiger partial charge >= 0.3 is 0 Å². The second kappa shape index (κ2) is 7.88. The van der Waals surface area contributed by atoms with Gasteiger partial charge in [-0.1, -0.05) is 83.2 Å². The first-order valence-corrected chi connectivity index (χ1v) is 12.3. The molecule has 0 amide bonds. The van der Waals surface area contributed by atoms with Crippen LogP contribution < -0.4 is 0 Å². The summed E-state index contributed by atoms with van der Waals surface area (Å²) in [5, 5.41) is 23.5. The lowest BCUT2D eigenvalue weighted by Gasteiger charge is -2.24. The molecule has 0 unspecified atom stereocenters. The van der Waals surface area contributed by atoms with E-state index < -0.39 is 0 Å². The van der Waals surface area contributed by atoms with Crippen molar-refractivity contribution in [2.24, 2.45) is 9.98 Å². The van der Waals surface area contributed by atoms with Crippen LogP contribution in [0.25, 0.3) is 10.8 Å². The van der Waals surface area contributed by atoms with Gasteiger partial charge in [-0.05, 0) is 26.0 Å². The first kappa shape index (κ1) is 20.7. The first-order chi connectivity index (χ1) is 16.6. The maximum absolute atomic E-state index is 10.0. The van der Waals surface area contributed by atoms with Gasteiger partial charge in [0.25, 0.3) is 0 Å². The van der Waals surface area contributed by atoms with E-state index in [9.17, 15) is 10.5 Å². The van der Waals surface area contributed by atoms with Crippen molar-refractivity contribution in [3.8, 4) is 12.1 Å². The molecule has 0 saturated heterocycles. The summed E-state index contributed by atoms with van der Waals surface area (Å²) >= 11 is 3.02. The van der Waals surface area contributed by atoms with Gasteiger partial charge in [-0.15, -0.1) is 0 Å². The predicted octanol–water partition coefficient (Wildman–Crippen LogP) is 7.57. The summed E-state index contributed by atoms with van der Waals surface area (Å²) in [6, 6.07) is 24.8. The lowest BCUT2D eigenvalue weighted by Crippen LogP contribution is -2.06. The maximum Gasteiger partial charge on any atom is 0.109 e. The molecule has 4 nitrogen and oxygen atoms in total. The Morgan fingerprint density at radius 1 is 0.618 bits per heavy atom. The highest BCUT2D eigenvalue weighted by Gasteiger charge is 2.29. The zero-order chi connectivity index (χ0) is 23.4. The van der Waals surface area contributed by atoms with Gasteiger partial charge in [0.15, 0.2) is 0 Å². The fourth-order valence-corrected chi connectivity index (χ4v) is 6.41. The number of aryl methyl sites for hydroxylation is 2. The van der Waals surface area contributed by atoms with Crippen LogP contribution in [0.2, 0.25) is 0 Å². The van der Waals surface area contributed by atoms with Crippen LogP contribution in [0.5, 0.6) is 0 Å². The monoisotopic (exact) mass is 472 g/mol. The minimum absolute atomic E-state index is 0.572. The highest BCUT2D eigenvalue weighted by Crippen LogP contribution is 2.53. The molecule has 6 heteroatoms. The van der Waals surface area contributed by atoms with Gasteiger partial charge in [-0.2, -0.15) is 10.5 Å². The minimum atomic E-state index is 0.572. The van der Waals surface area contributed by atoms with E-state index in [0.717, 1.165) is 41.8 Å². The third-order valence-electron chi connectivity index (χ3n) is 5.95. The largest absolute Gasteiger partial charge is 0.240 e. The summed E-state index contributed by atoms with van der Waals surface area (Å²) in [6.45, 7) is 4.10. The molecule has 0 radical (unpaired) electrons. The molecule has 4 aromatic carbocycles. The Kier molecular flexibility index (Phi) is 4.81. The van der Waals surface area contributed by atoms with Crippen LogP contribution in [0.3, 0.4) is 0 Å². The Balaban J connectivity index is 1.63. The molecule has 0 aromatic heterocycles. The van der Waals surface area contributed by atoms with E-state index in [1.807, 2.05) is 50.2 Å². The average molecular weight is 473 g/mol. The van der Waals surface area contributed by atoms with E-state index >= 15 is 0 Å². The Hall–Kier alpha value is -3.84. The lowest BCUT2D eigenvalue weighted by molar-refractivity contribution is 1.33. The smallest absolute Gasteiger partial charge is 0.109 e. The molecule has 34 heavy (non-hydrogen) atoms. The number of nitriles is 2. The number of benzene rings is 4. The van der Waals surface area contributed by atoms with Crippen molar-refractivity contribution in [2.45, 2.75) is 23.6 Å². The molecule has 2 aliphatic heterocycles. The third-order valence-corrected chi connectivity index (χ3v) is 8.24. The van der Waals surface area contributed by atoms with Crippen molar-refractivity contribution in [3.05, 3.63) is 94.0 Å². The highest BCUT2D eigenvalue weighted by atomic mass is 32.2. The van der Waals surface area contributed by atoms with Crippen molar-refractivity contribution in [1.82, 2.24) is 0 Å². The lowest BCUT2D eigenvalue weighted by atomic mass is 10.00. The molecule has 0 atom stereocenters. The van der Waals surface area contributed by atoms with Gasteiger partial charge < -0.3 is 0 Å². The molecule has 0 N–H and O–H groups in total. The summed E-state index contributed by atoms with van der Waals surface area (Å²) in [4.78, 5) is 11.6. The van der Waals surface area contributed by atoms with Gasteiger partial charge in [0.1, 0.15) is 22.2 Å². The number of nitrogens with zero attached hydrogens (tertiary/aromatic N) is 4. The van der Waals surface area contributed by atoms with Crippen molar-refractivity contribution >= 4 is 55.8 Å². The molecule has 4 aromatic rings. The standard InChI is InChI=1S/C28H16N4S2/c1-15-3-7-17(8-4-15)27-31-21-11-20(14-30)26-24-22(12-19(13-29)25(33-27)23(21)24)32-28(34-26)18-9-5-16(2)6-10-18/h3-12H,1-2H3. The van der Waals surface area contributed by atoms with Crippen LogP contribution in [0, 0.1) is 36.5 Å². The van der Waals surface area contributed by atoms with E-state index in [1.54, 1.807) is 0 Å². The van der Waals surface area contributed by atoms with E-state index in [1.165, 1.54) is 34.7 Å². The molecule has 0 fully saturated rings. The highest BCUT2D eigenvalue weighted by molar-refractivity contribution is 8.15. The molecule has 160 valence electrons. The van der Waals surface area contributed by atoms with Gasteiger partial charge in [-0.3, -0.25) is 0 Å². The third kappa shape index (κ3) is 3.23. The topological polar surface area (TPSA) is 72.3 Å². The number of rotatable bonds is 2. The number of hydrogen-bond acceptors (Lipinski definition) is 6. The van der Waals surface area contributed by atoms with Crippen molar-refractivity contribution in [2.75, 3.05) is 0 Å². The summed E-state index contributed by atoms with van der Waals surface area (Å²) in [5.74, 6) is 0. The van der Waals surface area contributed by atoms with E-state index in [2.05, 4.69) is 36.4 Å². The second-order valence-electron chi connectivity index (χ2n) is 8.29. The Labute approximate surface area is 205 Å². The zero-order valence-electron chi connectivity index (χ0n) is 18.4. The molecule has 2 aliphatic rings. The second-order valence-corrected chi connectivity index (χ2v) is 10.3. The number of thioether (sulfide) groups is 2. The SMILES string of the molecule is Cc1ccc(C2=Nc3cc(C#N)c4c5c(cc(C#N)c(c35)S2)N=C(c2ccc(C)cc2)S4)cc1. The first-order valence-electron chi connectivity index (χ1n) is 10.7. The fraction of sp³-hybridized carbons (Fsp3) is 0.0714. The number of aliphatic imine (C=N–C) groups is 2. The van der Waals surface area contributed by atoms with Gasteiger partial charge in [-0.25, -0.2) is 9.98 Å². The van der Waals surface area contributed by atoms with Gasteiger partial charge in [0, 0.05) is 31.7 Å². The Bertz CT molecular complexity index is 1540. The van der Waals surface area contributed by atoms with Crippen LogP contribution >= 0.6 is 23.5 Å². The summed E-state index contributed by atoms with van der Waals surface area (Å²) in [6.07, 6.45) is 0. The van der Waals surface area contributed by atoms with Crippen molar-refractivity contribution < 1.29 is 0 Å². The van der Waals surface area contributed by atoms with Crippen molar-refractivity contribution in [3.63, 3.8) is 0 Å². The molecular weight excluding hydrogens is 456 g/mol. The van der Waals surface area contributed by atoms with Crippen molar-refractivity contribution in [1.29, 1.82) is 10.5 Å². The summed E-state index contributed by atoms with van der Waals surface area (Å²) < 4.78 is 0. The van der Waals surface area contributed by atoms with Crippen LogP contribution in [0.4, 0.5) is 11.4 Å². The number of hydrogen-bond donors (Lipinski definition) is 0. The van der Waals surface area contributed by atoms with Gasteiger partial charge in [0.05, 0.1) is 22.5 Å². The fourth-order valence-electron chi connectivity index (χ4n) is 4.19. The summed E-state index contributed by atoms with van der Waals surface area (Å²) in [7, 11) is 0. The molecular formula is C28H16N4S2. The van der Waals surface area contributed by atoms with E-state index in [-0.39, 0.29) is 0 Å². The van der Waals surface area contributed by atoms with Crippen LogP contribution in [-0.2, 0) is 0 Å². The minimum Gasteiger partial charge on any atom is -0.240 e. The van der Waals surface area contributed by atoms with E-state index in [4.69, 9.17) is 9.98 Å². The molecule has 6 rings (SSSR count). The molecule has 0 spiro atoms. The maximum atomic E-state index is 10.0. The molecule has 0 saturated carbocycles. The Morgan fingerprint density at radius 2 is 1.00 bits per heavy atom. The summed E-state index contributed by atoms with van der Waals surface area (Å²) in [5.41, 5.74) is 6.91. The average Bonchev–Trinajstić information content (AvgIpc) is 2.86. The molecule has 0 aliphatic carbocycles. The zero-order valence-corrected chi connectivity index (χ0v) is 20.0. The molecule has 2 heterocycles. The quantitative estimate of drug-likeness (QED) is 0.302. The van der Waals surface area contributed by atoms with E-state index in [0.29, 0.717) is 22.5 Å². The Morgan fingerprint density at radius 3 is 1.35 bits per heavy atom. The normalized spacial score (nSPS) is 13.6. The molecule has 0 bridgehead atoms. The van der Waals surface area contributed by atoms with Crippen LogP contribution in [0.1, 0.15) is 33.4 Å². The van der Waals surface area contributed by atoms with Crippen LogP contribution in [0.15, 0.2) is 80.4 Å². The van der Waals surface area contributed by atoms with Crippen LogP contribution in [-0.4, -0.2) is 10.1 Å². The van der Waals surface area contributed by atoms with Gasteiger partial charge in [0.2, 0.25) is 0 Å². The predicted molar refractivity (Wildman–Crippen MR) is 140 cm³/mol.